The zero-order valence-corrected chi connectivity index (χ0v) is 15.1. The highest BCUT2D eigenvalue weighted by Crippen LogP contribution is 2.20. The van der Waals surface area contributed by atoms with Gasteiger partial charge in [0, 0.05) is 32.7 Å². The topological polar surface area (TPSA) is 87.2 Å². The summed E-state index contributed by atoms with van der Waals surface area (Å²) in [6.07, 6.45) is 1.63. The van der Waals surface area contributed by atoms with E-state index in [0.717, 1.165) is 28.5 Å². The Hall–Kier alpha value is -2.83. The maximum absolute atomic E-state index is 12.6. The molecule has 0 aliphatic carbocycles. The van der Waals surface area contributed by atoms with Gasteiger partial charge in [0.2, 0.25) is 5.91 Å². The average Bonchev–Trinajstić information content (AvgIpc) is 2.65. The third-order valence-electron chi connectivity index (χ3n) is 4.98. The lowest BCUT2D eigenvalue weighted by Gasteiger charge is -2.33. The van der Waals surface area contributed by atoms with Crippen molar-refractivity contribution in [1.82, 2.24) is 14.9 Å². The highest BCUT2D eigenvalue weighted by molar-refractivity contribution is 5.79. The van der Waals surface area contributed by atoms with Crippen LogP contribution in [0.5, 0.6) is 0 Å². The van der Waals surface area contributed by atoms with Crippen LogP contribution >= 0.6 is 0 Å². The quantitative estimate of drug-likeness (QED) is 0.853. The number of carbonyl (C=O) groups is 1. The lowest BCUT2D eigenvalue weighted by atomic mass is 9.97. The number of nitrogens with one attached hydrogen (secondary N) is 2. The zero-order valence-electron chi connectivity index (χ0n) is 15.1. The van der Waals surface area contributed by atoms with Gasteiger partial charge in [-0.3, -0.25) is 19.1 Å². The fraction of sp³-hybridized carbons (Fsp3) is 0.421. The third-order valence-corrected chi connectivity index (χ3v) is 4.98. The van der Waals surface area contributed by atoms with Crippen LogP contribution in [0.3, 0.4) is 0 Å². The molecule has 2 heterocycles. The van der Waals surface area contributed by atoms with Gasteiger partial charge in [-0.05, 0) is 30.9 Å². The monoisotopic (exact) mass is 356 g/mol. The van der Waals surface area contributed by atoms with E-state index in [1.54, 1.807) is 0 Å². The van der Waals surface area contributed by atoms with E-state index in [0.29, 0.717) is 25.5 Å². The highest BCUT2D eigenvalue weighted by atomic mass is 16.2. The summed E-state index contributed by atoms with van der Waals surface area (Å²) < 4.78 is 1.03. The number of anilines is 1. The molecule has 2 aromatic rings. The van der Waals surface area contributed by atoms with Crippen molar-refractivity contribution >= 4 is 11.7 Å². The molecule has 0 bridgehead atoms. The van der Waals surface area contributed by atoms with Crippen molar-refractivity contribution < 1.29 is 4.79 Å². The Labute approximate surface area is 151 Å². The van der Waals surface area contributed by atoms with E-state index in [4.69, 9.17) is 0 Å². The SMILES string of the molecule is Cc1ccccc1CNC(=O)C1CCCN(c2cc(=O)n(C)c(=O)[nH]2)C1. The Morgan fingerprint density at radius 2 is 2.08 bits per heavy atom. The molecule has 1 amide bonds. The van der Waals surface area contributed by atoms with E-state index < -0.39 is 5.69 Å². The van der Waals surface area contributed by atoms with Crippen molar-refractivity contribution in [3.8, 4) is 0 Å². The molecule has 7 heteroatoms. The zero-order chi connectivity index (χ0) is 18.7. The fourth-order valence-electron chi connectivity index (χ4n) is 3.26. The second-order valence-electron chi connectivity index (χ2n) is 6.79. The molecule has 0 saturated carbocycles. The Balaban J connectivity index is 1.66. The smallest absolute Gasteiger partial charge is 0.329 e. The molecule has 1 fully saturated rings. The molecule has 7 nitrogen and oxygen atoms in total. The third kappa shape index (κ3) is 3.87. The molecule has 26 heavy (non-hydrogen) atoms. The molecule has 0 radical (unpaired) electrons. The van der Waals surface area contributed by atoms with Gasteiger partial charge < -0.3 is 10.2 Å². The molecule has 0 spiro atoms. The molecule has 1 aliphatic rings. The van der Waals surface area contributed by atoms with E-state index in [1.165, 1.54) is 13.1 Å². The van der Waals surface area contributed by atoms with Gasteiger partial charge in [-0.25, -0.2) is 4.79 Å². The van der Waals surface area contributed by atoms with Crippen LogP contribution in [-0.2, 0) is 18.4 Å². The first-order chi connectivity index (χ1) is 12.5. The van der Waals surface area contributed by atoms with Crippen molar-refractivity contribution in [2.24, 2.45) is 13.0 Å². The van der Waals surface area contributed by atoms with E-state index in [9.17, 15) is 14.4 Å². The van der Waals surface area contributed by atoms with Crippen molar-refractivity contribution in [3.63, 3.8) is 0 Å². The molecule has 1 aromatic heterocycles. The van der Waals surface area contributed by atoms with Gasteiger partial charge >= 0.3 is 5.69 Å². The van der Waals surface area contributed by atoms with Crippen LogP contribution < -0.4 is 21.5 Å². The summed E-state index contributed by atoms with van der Waals surface area (Å²) in [5.41, 5.74) is 1.45. The van der Waals surface area contributed by atoms with Crippen LogP contribution in [0.15, 0.2) is 39.9 Å². The van der Waals surface area contributed by atoms with Crippen molar-refractivity contribution in [3.05, 3.63) is 62.3 Å². The van der Waals surface area contributed by atoms with Crippen LogP contribution in [0.1, 0.15) is 24.0 Å². The van der Waals surface area contributed by atoms with Crippen molar-refractivity contribution in [2.75, 3.05) is 18.0 Å². The van der Waals surface area contributed by atoms with Crippen molar-refractivity contribution in [2.45, 2.75) is 26.3 Å². The minimum Gasteiger partial charge on any atom is -0.357 e. The number of benzene rings is 1. The molecule has 2 N–H and O–H groups in total. The number of amides is 1. The number of H-pyrrole nitrogens is 1. The van der Waals surface area contributed by atoms with Crippen LogP contribution in [0.25, 0.3) is 0 Å². The normalized spacial score (nSPS) is 17.2. The number of aryl methyl sites for hydroxylation is 1. The maximum Gasteiger partial charge on any atom is 0.329 e. The maximum atomic E-state index is 12.6. The predicted molar refractivity (Wildman–Crippen MR) is 100 cm³/mol. The van der Waals surface area contributed by atoms with Crippen LogP contribution in [0, 0.1) is 12.8 Å². The van der Waals surface area contributed by atoms with E-state index in [-0.39, 0.29) is 17.4 Å². The van der Waals surface area contributed by atoms with Gasteiger partial charge in [-0.15, -0.1) is 0 Å². The number of aromatic amines is 1. The number of hydrogen-bond acceptors (Lipinski definition) is 4. The molecule has 1 saturated heterocycles. The largest absolute Gasteiger partial charge is 0.357 e. The lowest BCUT2D eigenvalue weighted by molar-refractivity contribution is -0.125. The fourth-order valence-corrected chi connectivity index (χ4v) is 3.26. The molecule has 1 aromatic carbocycles. The number of nitrogens with zero attached hydrogens (tertiary/aromatic N) is 2. The number of hydrogen-bond donors (Lipinski definition) is 2. The summed E-state index contributed by atoms with van der Waals surface area (Å²) in [4.78, 5) is 40.9. The minimum atomic E-state index is -0.446. The summed E-state index contributed by atoms with van der Waals surface area (Å²) >= 11 is 0. The Morgan fingerprint density at radius 3 is 2.81 bits per heavy atom. The first-order valence-corrected chi connectivity index (χ1v) is 8.83. The summed E-state index contributed by atoms with van der Waals surface area (Å²) in [6, 6.07) is 9.38. The molecule has 3 rings (SSSR count). The van der Waals surface area contributed by atoms with E-state index in [1.807, 2.05) is 36.1 Å². The standard InChI is InChI=1S/C19H24N4O3/c1-13-6-3-4-7-14(13)11-20-18(25)15-8-5-9-23(12-15)16-10-17(24)22(2)19(26)21-16/h3-4,6-7,10,15H,5,8-9,11-12H2,1-2H3,(H,20,25)(H,21,26). The average molecular weight is 356 g/mol. The van der Waals surface area contributed by atoms with E-state index in [2.05, 4.69) is 10.3 Å². The first kappa shape index (κ1) is 18.0. The second-order valence-corrected chi connectivity index (χ2v) is 6.79. The van der Waals surface area contributed by atoms with Gasteiger partial charge in [0.15, 0.2) is 0 Å². The van der Waals surface area contributed by atoms with Crippen LogP contribution in [0.2, 0.25) is 0 Å². The van der Waals surface area contributed by atoms with Gasteiger partial charge in [0.1, 0.15) is 5.82 Å². The molecule has 1 unspecified atom stereocenters. The Bertz CT molecular complexity index is 884. The molecule has 138 valence electrons. The van der Waals surface area contributed by atoms with Crippen molar-refractivity contribution in [1.29, 1.82) is 0 Å². The number of piperidine rings is 1. The van der Waals surface area contributed by atoms with Gasteiger partial charge in [0.05, 0.1) is 5.92 Å². The minimum absolute atomic E-state index is 0.00383. The summed E-state index contributed by atoms with van der Waals surface area (Å²) in [7, 11) is 1.43. The lowest BCUT2D eigenvalue weighted by Crippen LogP contribution is -2.44. The second kappa shape index (κ2) is 7.59. The molecular weight excluding hydrogens is 332 g/mol. The van der Waals surface area contributed by atoms with E-state index >= 15 is 0 Å². The number of aromatic nitrogens is 2. The molecular formula is C19H24N4O3. The predicted octanol–water partition coefficient (Wildman–Crippen LogP) is 0.915. The number of rotatable bonds is 4. The van der Waals surface area contributed by atoms with Gasteiger partial charge in [-0.2, -0.15) is 0 Å². The Morgan fingerprint density at radius 1 is 1.31 bits per heavy atom. The highest BCUT2D eigenvalue weighted by Gasteiger charge is 2.26. The van der Waals surface area contributed by atoms with Gasteiger partial charge in [-0.1, -0.05) is 24.3 Å². The van der Waals surface area contributed by atoms with Crippen LogP contribution in [0.4, 0.5) is 5.82 Å². The van der Waals surface area contributed by atoms with Gasteiger partial charge in [0.25, 0.3) is 5.56 Å². The number of carbonyl (C=O) groups excluding carboxylic acids is 1. The van der Waals surface area contributed by atoms with Crippen LogP contribution in [-0.4, -0.2) is 28.5 Å². The first-order valence-electron chi connectivity index (χ1n) is 8.83. The molecule has 1 atom stereocenters. The summed E-state index contributed by atoms with van der Waals surface area (Å²) in [5.74, 6) is 0.318. The molecule has 1 aliphatic heterocycles. The summed E-state index contributed by atoms with van der Waals surface area (Å²) in [6.45, 7) is 3.73. The summed E-state index contributed by atoms with van der Waals surface area (Å²) in [5, 5.41) is 3.01. The Kier molecular flexibility index (Phi) is 5.25.